The molecule has 5 heteroatoms. The number of anilines is 1. The van der Waals surface area contributed by atoms with E-state index in [1.54, 1.807) is 26.4 Å². The Hall–Kier alpha value is -1.13. The van der Waals surface area contributed by atoms with Crippen LogP contribution in [0.1, 0.15) is 0 Å². The predicted molar refractivity (Wildman–Crippen MR) is 54.6 cm³/mol. The monoisotopic (exact) mass is 204 g/mol. The van der Waals surface area contributed by atoms with Crippen molar-refractivity contribution in [3.63, 3.8) is 0 Å². The summed E-state index contributed by atoms with van der Waals surface area (Å²) in [5.74, 6) is 6.54. The van der Waals surface area contributed by atoms with Gasteiger partial charge >= 0.3 is 0 Å². The summed E-state index contributed by atoms with van der Waals surface area (Å²) in [6.07, 6.45) is 0. The molecule has 1 rings (SSSR count). The molecule has 0 saturated heterocycles. The van der Waals surface area contributed by atoms with Crippen LogP contribution in [0.5, 0.6) is 11.5 Å². The summed E-state index contributed by atoms with van der Waals surface area (Å²) in [5, 5.41) is 0. The number of methoxy groups -OCH3 is 2. The highest BCUT2D eigenvalue weighted by atomic mass is 35.5. The van der Waals surface area contributed by atoms with Crippen LogP contribution in [0, 0.1) is 0 Å². The lowest BCUT2D eigenvalue weighted by atomic mass is 10.3. The van der Waals surface area contributed by atoms with E-state index in [-0.39, 0.29) is 12.4 Å². The van der Waals surface area contributed by atoms with Crippen molar-refractivity contribution in [2.24, 2.45) is 5.84 Å². The van der Waals surface area contributed by atoms with Crippen molar-refractivity contribution in [1.82, 2.24) is 0 Å². The molecule has 0 saturated carbocycles. The van der Waals surface area contributed by atoms with Gasteiger partial charge in [0.2, 0.25) is 0 Å². The maximum atomic E-state index is 5.26. The minimum Gasteiger partial charge on any atom is -0.493 e. The van der Waals surface area contributed by atoms with Crippen LogP contribution in [0.15, 0.2) is 18.2 Å². The van der Waals surface area contributed by atoms with Crippen LogP contribution in [0.25, 0.3) is 0 Å². The largest absolute Gasteiger partial charge is 0.493 e. The van der Waals surface area contributed by atoms with E-state index in [4.69, 9.17) is 15.3 Å². The zero-order chi connectivity index (χ0) is 8.97. The maximum Gasteiger partial charge on any atom is 0.185 e. The average molecular weight is 205 g/mol. The molecule has 1 aromatic carbocycles. The predicted octanol–water partition coefficient (Wildman–Crippen LogP) is 1.41. The Morgan fingerprint density at radius 3 is 2.38 bits per heavy atom. The van der Waals surface area contributed by atoms with Crippen LogP contribution in [0.3, 0.4) is 0 Å². The highest BCUT2D eigenvalue weighted by molar-refractivity contribution is 5.85. The van der Waals surface area contributed by atoms with Gasteiger partial charge in [-0.15, -0.1) is 12.4 Å². The van der Waals surface area contributed by atoms with Crippen molar-refractivity contribution < 1.29 is 9.47 Å². The lowest BCUT2D eigenvalue weighted by Crippen LogP contribution is -2.08. The van der Waals surface area contributed by atoms with E-state index in [1.807, 2.05) is 6.07 Å². The van der Waals surface area contributed by atoms with Gasteiger partial charge in [0.05, 0.1) is 19.9 Å². The summed E-state index contributed by atoms with van der Waals surface area (Å²) < 4.78 is 10.1. The molecule has 0 unspecified atom stereocenters. The highest BCUT2D eigenvalue weighted by Gasteiger charge is 2.06. The smallest absolute Gasteiger partial charge is 0.185 e. The van der Waals surface area contributed by atoms with Crippen molar-refractivity contribution in [3.05, 3.63) is 18.2 Å². The van der Waals surface area contributed by atoms with Gasteiger partial charge < -0.3 is 14.9 Å². The summed E-state index contributed by atoms with van der Waals surface area (Å²) in [6, 6.07) is 5.44. The summed E-state index contributed by atoms with van der Waals surface area (Å²) in [7, 11) is 3.15. The second-order valence-electron chi connectivity index (χ2n) is 2.19. The number of hydrazine groups is 1. The number of para-hydroxylation sites is 1. The molecule has 0 aliphatic carbocycles. The number of nitrogens with one attached hydrogen (secondary N) is 1. The molecule has 0 atom stereocenters. The van der Waals surface area contributed by atoms with Crippen LogP contribution in [0.2, 0.25) is 0 Å². The fourth-order valence-corrected chi connectivity index (χ4v) is 1.00. The van der Waals surface area contributed by atoms with Gasteiger partial charge in [0.15, 0.2) is 11.5 Å². The third-order valence-corrected chi connectivity index (χ3v) is 1.56. The highest BCUT2D eigenvalue weighted by Crippen LogP contribution is 2.33. The van der Waals surface area contributed by atoms with E-state index in [0.29, 0.717) is 17.2 Å². The second-order valence-corrected chi connectivity index (χ2v) is 2.19. The molecule has 0 spiro atoms. The first-order chi connectivity index (χ1) is 5.83. The Bertz CT molecular complexity index is 246. The number of hydrogen-bond donors (Lipinski definition) is 2. The van der Waals surface area contributed by atoms with Gasteiger partial charge in [-0.05, 0) is 12.1 Å². The number of ether oxygens (including phenoxy) is 2. The van der Waals surface area contributed by atoms with Crippen LogP contribution >= 0.6 is 12.4 Å². The fraction of sp³-hybridized carbons (Fsp3) is 0.250. The topological polar surface area (TPSA) is 56.5 Å². The van der Waals surface area contributed by atoms with Gasteiger partial charge in [-0.3, -0.25) is 5.84 Å². The minimum atomic E-state index is 0. The Labute approximate surface area is 83.4 Å². The summed E-state index contributed by atoms with van der Waals surface area (Å²) in [5.41, 5.74) is 3.22. The van der Waals surface area contributed by atoms with Gasteiger partial charge in [0, 0.05) is 0 Å². The first-order valence-corrected chi connectivity index (χ1v) is 3.51. The zero-order valence-corrected chi connectivity index (χ0v) is 8.35. The second kappa shape index (κ2) is 5.50. The van der Waals surface area contributed by atoms with Crippen molar-refractivity contribution in [1.29, 1.82) is 0 Å². The Kier molecular flexibility index (Phi) is 5.03. The zero-order valence-electron chi connectivity index (χ0n) is 7.53. The lowest BCUT2D eigenvalue weighted by molar-refractivity contribution is 0.356. The Morgan fingerprint density at radius 1 is 1.23 bits per heavy atom. The number of halogens is 1. The van der Waals surface area contributed by atoms with Crippen molar-refractivity contribution >= 4 is 18.1 Å². The first-order valence-electron chi connectivity index (χ1n) is 3.51. The SMILES string of the molecule is COc1cccc(NN)c1OC.Cl. The molecule has 13 heavy (non-hydrogen) atoms. The summed E-state index contributed by atoms with van der Waals surface area (Å²) in [6.45, 7) is 0. The summed E-state index contributed by atoms with van der Waals surface area (Å²) in [4.78, 5) is 0. The third-order valence-electron chi connectivity index (χ3n) is 1.56. The number of nitrogens with two attached hydrogens (primary N) is 1. The lowest BCUT2D eigenvalue weighted by Gasteiger charge is -2.10. The fourth-order valence-electron chi connectivity index (χ4n) is 1.00. The Balaban J connectivity index is 0.00000144. The van der Waals surface area contributed by atoms with Crippen LogP contribution in [-0.2, 0) is 0 Å². The molecular weight excluding hydrogens is 192 g/mol. The molecule has 0 aromatic heterocycles. The molecule has 0 fully saturated rings. The molecule has 4 nitrogen and oxygen atoms in total. The number of hydrogen-bond acceptors (Lipinski definition) is 4. The Morgan fingerprint density at radius 2 is 1.92 bits per heavy atom. The molecular formula is C8H13ClN2O2. The average Bonchev–Trinajstić information content (AvgIpc) is 2.16. The number of nitrogen functional groups attached to an aromatic ring is 1. The summed E-state index contributed by atoms with van der Waals surface area (Å²) >= 11 is 0. The van der Waals surface area contributed by atoms with Gasteiger partial charge in [0.1, 0.15) is 0 Å². The van der Waals surface area contributed by atoms with Crippen molar-refractivity contribution in [3.8, 4) is 11.5 Å². The van der Waals surface area contributed by atoms with E-state index >= 15 is 0 Å². The van der Waals surface area contributed by atoms with E-state index < -0.39 is 0 Å². The molecule has 74 valence electrons. The standard InChI is InChI=1S/C8H12N2O2.ClH/c1-11-7-5-3-4-6(10-9)8(7)12-2;/h3-5,10H,9H2,1-2H3;1H. The molecule has 0 heterocycles. The maximum absolute atomic E-state index is 5.26. The normalized spacial score (nSPS) is 8.54. The van der Waals surface area contributed by atoms with E-state index in [9.17, 15) is 0 Å². The number of benzene rings is 1. The van der Waals surface area contributed by atoms with Crippen molar-refractivity contribution in [2.45, 2.75) is 0 Å². The van der Waals surface area contributed by atoms with E-state index in [1.165, 1.54) is 0 Å². The first kappa shape index (κ1) is 11.9. The molecule has 1 aromatic rings. The molecule has 0 radical (unpaired) electrons. The van der Waals surface area contributed by atoms with Crippen LogP contribution < -0.4 is 20.7 Å². The molecule has 0 amide bonds. The van der Waals surface area contributed by atoms with Gasteiger partial charge in [-0.1, -0.05) is 6.07 Å². The van der Waals surface area contributed by atoms with Crippen LogP contribution in [0.4, 0.5) is 5.69 Å². The molecule has 0 bridgehead atoms. The van der Waals surface area contributed by atoms with Gasteiger partial charge in [0.25, 0.3) is 0 Å². The molecule has 0 aliphatic rings. The third kappa shape index (κ3) is 2.40. The van der Waals surface area contributed by atoms with E-state index in [0.717, 1.165) is 0 Å². The van der Waals surface area contributed by atoms with Gasteiger partial charge in [-0.2, -0.15) is 0 Å². The minimum absolute atomic E-state index is 0. The molecule has 3 N–H and O–H groups in total. The van der Waals surface area contributed by atoms with E-state index in [2.05, 4.69) is 5.43 Å². The van der Waals surface area contributed by atoms with Crippen LogP contribution in [-0.4, -0.2) is 14.2 Å². The van der Waals surface area contributed by atoms with Crippen molar-refractivity contribution in [2.75, 3.05) is 19.6 Å². The quantitative estimate of drug-likeness (QED) is 0.578. The van der Waals surface area contributed by atoms with Gasteiger partial charge in [-0.25, -0.2) is 0 Å². The molecule has 0 aliphatic heterocycles. The number of rotatable bonds is 3.